The Hall–Kier alpha value is -3.19. The summed E-state index contributed by atoms with van der Waals surface area (Å²) in [6.07, 6.45) is 7.98. The van der Waals surface area contributed by atoms with E-state index in [0.29, 0.717) is 42.8 Å². The van der Waals surface area contributed by atoms with Crippen molar-refractivity contribution in [3.05, 3.63) is 59.2 Å². The fourth-order valence-electron chi connectivity index (χ4n) is 9.01. The van der Waals surface area contributed by atoms with Crippen molar-refractivity contribution in [2.24, 2.45) is 11.8 Å². The first-order chi connectivity index (χ1) is 21.2. The number of amides is 1. The predicted molar refractivity (Wildman–Crippen MR) is 170 cm³/mol. The van der Waals surface area contributed by atoms with Crippen molar-refractivity contribution in [2.45, 2.75) is 109 Å². The average molecular weight is 601 g/mol. The van der Waals surface area contributed by atoms with Gasteiger partial charge in [0.2, 0.25) is 5.91 Å². The van der Waals surface area contributed by atoms with Gasteiger partial charge in [-0.2, -0.15) is 0 Å². The normalized spacial score (nSPS) is 26.6. The molecule has 236 valence electrons. The smallest absolute Gasteiger partial charge is 0.308 e. The van der Waals surface area contributed by atoms with Crippen LogP contribution in [-0.4, -0.2) is 65.3 Å². The van der Waals surface area contributed by atoms with Crippen LogP contribution in [0.2, 0.25) is 0 Å². The lowest BCUT2D eigenvalue weighted by Gasteiger charge is -2.60. The number of ether oxygens (including phenoxy) is 2. The van der Waals surface area contributed by atoms with Gasteiger partial charge < -0.3 is 14.4 Å². The monoisotopic (exact) mass is 600 g/mol. The number of piperidine rings is 1. The molecule has 2 aliphatic carbocycles. The van der Waals surface area contributed by atoms with Gasteiger partial charge in [-0.1, -0.05) is 56.7 Å². The van der Waals surface area contributed by atoms with E-state index in [1.54, 1.807) is 6.92 Å². The topological polar surface area (TPSA) is 76.2 Å². The van der Waals surface area contributed by atoms with Crippen molar-refractivity contribution in [2.75, 3.05) is 19.6 Å². The molecule has 44 heavy (non-hydrogen) atoms. The molecule has 1 saturated heterocycles. The van der Waals surface area contributed by atoms with Gasteiger partial charge in [0, 0.05) is 36.9 Å². The molecule has 7 nitrogen and oxygen atoms in total. The Morgan fingerprint density at radius 2 is 1.84 bits per heavy atom. The first-order valence-corrected chi connectivity index (χ1v) is 16.8. The molecule has 0 aromatic heterocycles. The van der Waals surface area contributed by atoms with E-state index >= 15 is 0 Å². The number of likely N-dealkylation sites (tertiary alicyclic amines) is 1. The van der Waals surface area contributed by atoms with E-state index in [9.17, 15) is 14.4 Å². The Labute approximate surface area is 262 Å². The second-order valence-corrected chi connectivity index (χ2v) is 14.0. The Kier molecular flexibility index (Phi) is 8.87. The highest BCUT2D eigenvalue weighted by molar-refractivity contribution is 5.78. The molecule has 2 fully saturated rings. The van der Waals surface area contributed by atoms with Crippen LogP contribution < -0.4 is 9.47 Å². The third-order valence-electron chi connectivity index (χ3n) is 10.5. The van der Waals surface area contributed by atoms with E-state index in [1.807, 2.05) is 12.1 Å². The van der Waals surface area contributed by atoms with Gasteiger partial charge in [0.05, 0.1) is 12.6 Å². The van der Waals surface area contributed by atoms with Gasteiger partial charge in [-0.3, -0.25) is 19.3 Å². The number of Topliss-reactive ketones (excluding diaryl/α,β-unsaturated/α-hetero) is 1. The number of ketones is 1. The lowest BCUT2D eigenvalue weighted by Crippen LogP contribution is -2.69. The fourth-order valence-corrected chi connectivity index (χ4v) is 9.01. The molecule has 0 unspecified atom stereocenters. The van der Waals surface area contributed by atoms with Gasteiger partial charge in [0.1, 0.15) is 11.9 Å². The molecule has 1 saturated carbocycles. The van der Waals surface area contributed by atoms with E-state index < -0.39 is 0 Å². The first kappa shape index (κ1) is 30.8. The van der Waals surface area contributed by atoms with Gasteiger partial charge in [0.25, 0.3) is 0 Å². The number of aryl methyl sites for hydroxylation is 1. The number of carbonyl (C=O) groups is 3. The summed E-state index contributed by atoms with van der Waals surface area (Å²) in [4.78, 5) is 42.9. The largest absolute Gasteiger partial charge is 0.483 e. The maximum Gasteiger partial charge on any atom is 0.308 e. The number of nitrogens with zero attached hydrogens (tertiary/aromatic N) is 2. The van der Waals surface area contributed by atoms with Crippen LogP contribution in [-0.2, 0) is 32.6 Å². The van der Waals surface area contributed by atoms with Crippen molar-refractivity contribution in [3.8, 4) is 11.5 Å². The molecular formula is C37H48N2O5. The van der Waals surface area contributed by atoms with Gasteiger partial charge in [-0.05, 0) is 87.4 Å². The Morgan fingerprint density at radius 1 is 1.05 bits per heavy atom. The summed E-state index contributed by atoms with van der Waals surface area (Å²) in [5, 5.41) is 0. The van der Waals surface area contributed by atoms with Crippen molar-refractivity contribution >= 4 is 17.7 Å². The molecule has 0 N–H and O–H groups in total. The summed E-state index contributed by atoms with van der Waals surface area (Å²) < 4.78 is 12.7. The zero-order chi connectivity index (χ0) is 31.0. The third kappa shape index (κ3) is 5.68. The maximum atomic E-state index is 14.0. The van der Waals surface area contributed by atoms with Crippen LogP contribution in [0.3, 0.4) is 0 Å². The molecule has 2 bridgehead atoms. The molecule has 2 aliphatic heterocycles. The van der Waals surface area contributed by atoms with E-state index in [1.165, 1.54) is 23.6 Å². The predicted octanol–water partition coefficient (Wildman–Crippen LogP) is 5.90. The number of unbranched alkanes of at least 4 members (excludes halogenated alkanes) is 2. The maximum absolute atomic E-state index is 14.0. The Bertz CT molecular complexity index is 1390. The number of esters is 1. The molecule has 2 heterocycles. The van der Waals surface area contributed by atoms with Crippen molar-refractivity contribution < 1.29 is 23.9 Å². The van der Waals surface area contributed by atoms with E-state index in [2.05, 4.69) is 54.0 Å². The number of carbonyl (C=O) groups excluding carboxylic acids is 3. The zero-order valence-corrected chi connectivity index (χ0v) is 26.8. The molecule has 2 aromatic rings. The number of benzene rings is 2. The molecule has 5 atom stereocenters. The van der Waals surface area contributed by atoms with Crippen LogP contribution in [0.25, 0.3) is 0 Å². The lowest BCUT2D eigenvalue weighted by atomic mass is 9.51. The Morgan fingerprint density at radius 3 is 2.57 bits per heavy atom. The number of rotatable bonds is 12. The fraction of sp³-hybridized carbons (Fsp3) is 0.595. The molecule has 7 heteroatoms. The highest BCUT2D eigenvalue weighted by Crippen LogP contribution is 2.64. The number of hydrogen-bond acceptors (Lipinski definition) is 6. The molecular weight excluding hydrogens is 552 g/mol. The molecule has 1 amide bonds. The quantitative estimate of drug-likeness (QED) is 0.172. The van der Waals surface area contributed by atoms with Crippen molar-refractivity contribution in [1.82, 2.24) is 9.80 Å². The second kappa shape index (κ2) is 12.7. The van der Waals surface area contributed by atoms with Crippen molar-refractivity contribution in [1.29, 1.82) is 0 Å². The van der Waals surface area contributed by atoms with Gasteiger partial charge >= 0.3 is 5.97 Å². The highest BCUT2D eigenvalue weighted by Gasteiger charge is 2.66. The van der Waals surface area contributed by atoms with Crippen LogP contribution in [0.5, 0.6) is 11.5 Å². The summed E-state index contributed by atoms with van der Waals surface area (Å²) in [6.45, 7) is 9.47. The minimum atomic E-state index is -0.362. The zero-order valence-electron chi connectivity index (χ0n) is 26.8. The minimum absolute atomic E-state index is 0.0472. The van der Waals surface area contributed by atoms with E-state index in [4.69, 9.17) is 9.47 Å². The van der Waals surface area contributed by atoms with E-state index in [-0.39, 0.29) is 41.3 Å². The van der Waals surface area contributed by atoms with Crippen LogP contribution >= 0.6 is 0 Å². The molecule has 4 aliphatic rings. The molecule has 6 rings (SSSR count). The standard InChI is InChI=1S/C37H48N2O5/c1-24(2)22-39(33(42)14-10-6-9-13-27-11-7-5-8-12-27)30-17-16-29-31-21-28-15-18-32(43-26(4)41)35-34(28)37(29,36(30)44-35)19-20-38(31)23-25(3)40/h5,7-8,11-12,15,18,24,29-31,36H,6,9-10,13-14,16-17,19-23H2,1-4H3/t29-,30+,31+,36-,37-/m0/s1. The van der Waals surface area contributed by atoms with Gasteiger partial charge in [0.15, 0.2) is 11.5 Å². The van der Waals surface area contributed by atoms with Gasteiger partial charge in [-0.15, -0.1) is 0 Å². The number of hydrogen-bond donors (Lipinski definition) is 0. The average Bonchev–Trinajstić information content (AvgIpc) is 3.33. The summed E-state index contributed by atoms with van der Waals surface area (Å²) in [6, 6.07) is 14.7. The first-order valence-electron chi connectivity index (χ1n) is 16.8. The summed E-state index contributed by atoms with van der Waals surface area (Å²) in [7, 11) is 0. The highest BCUT2D eigenvalue weighted by atomic mass is 16.6. The lowest BCUT2D eigenvalue weighted by molar-refractivity contribution is -0.144. The molecule has 2 aromatic carbocycles. The SMILES string of the molecule is CC(=O)CN1CC[C@]23c4c5ccc(OC(C)=O)c4O[C@H]2[C@H](N(CC(C)C)C(=O)CCCCCc2ccccc2)CC[C@H]3[C@H]1C5. The summed E-state index contributed by atoms with van der Waals surface area (Å²) in [5.74, 6) is 1.91. The Balaban J connectivity index is 1.27. The molecule has 0 radical (unpaired) electrons. The van der Waals surface area contributed by atoms with Crippen molar-refractivity contribution in [3.63, 3.8) is 0 Å². The van der Waals surface area contributed by atoms with E-state index in [0.717, 1.165) is 57.9 Å². The van der Waals surface area contributed by atoms with Crippen LogP contribution in [0.1, 0.15) is 89.3 Å². The minimum Gasteiger partial charge on any atom is -0.483 e. The summed E-state index contributed by atoms with van der Waals surface area (Å²) in [5.41, 5.74) is 3.52. The molecule has 1 spiro atoms. The van der Waals surface area contributed by atoms with Crippen LogP contribution in [0.4, 0.5) is 0 Å². The third-order valence-corrected chi connectivity index (χ3v) is 10.5. The van der Waals surface area contributed by atoms with Crippen LogP contribution in [0.15, 0.2) is 42.5 Å². The van der Waals surface area contributed by atoms with Crippen LogP contribution in [0, 0.1) is 11.8 Å². The second-order valence-electron chi connectivity index (χ2n) is 14.0. The summed E-state index contributed by atoms with van der Waals surface area (Å²) >= 11 is 0. The van der Waals surface area contributed by atoms with Gasteiger partial charge in [-0.25, -0.2) is 0 Å².